The molecule has 1 aromatic heterocycles. The van der Waals surface area contributed by atoms with E-state index in [1.165, 1.54) is 19.1 Å². The van der Waals surface area contributed by atoms with Crippen molar-refractivity contribution in [2.75, 3.05) is 11.6 Å². The first kappa shape index (κ1) is 20.5. The predicted molar refractivity (Wildman–Crippen MR) is 107 cm³/mol. The summed E-state index contributed by atoms with van der Waals surface area (Å²) in [6.45, 7) is 8.25. The van der Waals surface area contributed by atoms with Crippen LogP contribution in [0.25, 0.3) is 0 Å². The maximum Gasteiger partial charge on any atom is 0.177 e. The second-order valence-corrected chi connectivity index (χ2v) is 10.9. The number of pyridine rings is 1. The van der Waals surface area contributed by atoms with Gasteiger partial charge in [0, 0.05) is 29.3 Å². The van der Waals surface area contributed by atoms with Crippen LogP contribution in [0.4, 0.5) is 5.69 Å². The fourth-order valence-corrected chi connectivity index (χ4v) is 4.13. The van der Waals surface area contributed by atoms with Crippen molar-refractivity contribution in [2.24, 2.45) is 0 Å². The van der Waals surface area contributed by atoms with E-state index >= 15 is 0 Å². The first-order valence-corrected chi connectivity index (χ1v) is 10.9. The number of Topliss-reactive ketones (excluding diaryl/α,β-unsaturated/α-hetero) is 1. The molecule has 0 unspecified atom stereocenters. The van der Waals surface area contributed by atoms with Crippen LogP contribution in [0.15, 0.2) is 46.5 Å². The Morgan fingerprint density at radius 2 is 1.88 bits per heavy atom. The number of carbonyl (C=O) groups is 1. The minimum atomic E-state index is -3.40. The zero-order valence-corrected chi connectivity index (χ0v) is 17.3. The van der Waals surface area contributed by atoms with Crippen LogP contribution in [0.5, 0.6) is 0 Å². The average molecular weight is 393 g/mol. The average Bonchev–Trinajstić information content (AvgIpc) is 2.50. The molecule has 0 spiro atoms. The maximum atomic E-state index is 12.0. The first-order valence-electron chi connectivity index (χ1n) is 8.18. The van der Waals surface area contributed by atoms with Crippen LogP contribution in [0.1, 0.15) is 43.6 Å². The van der Waals surface area contributed by atoms with Crippen molar-refractivity contribution >= 4 is 33.1 Å². The lowest BCUT2D eigenvalue weighted by Crippen LogP contribution is -2.09. The number of sulfone groups is 1. The van der Waals surface area contributed by atoms with E-state index in [4.69, 9.17) is 0 Å². The molecule has 0 bridgehead atoms. The van der Waals surface area contributed by atoms with Crippen LogP contribution in [0, 0.1) is 0 Å². The van der Waals surface area contributed by atoms with Crippen molar-refractivity contribution in [2.45, 2.75) is 48.9 Å². The number of rotatable bonds is 6. The number of benzene rings is 1. The molecule has 0 saturated heterocycles. The lowest BCUT2D eigenvalue weighted by Gasteiger charge is -2.17. The molecule has 1 aromatic carbocycles. The third kappa shape index (κ3) is 5.85. The molecular formula is C19H24N2O3S2. The Balaban J connectivity index is 2.27. The van der Waals surface area contributed by atoms with E-state index in [-0.39, 0.29) is 15.4 Å². The SMILES string of the molecule is CC(=O)c1ccc(S(C)(=O)=O)c(NCc2ccnc(SC(C)(C)C)c2)c1. The van der Waals surface area contributed by atoms with Crippen LogP contribution in [0.2, 0.25) is 0 Å². The summed E-state index contributed by atoms with van der Waals surface area (Å²) >= 11 is 1.67. The summed E-state index contributed by atoms with van der Waals surface area (Å²) in [7, 11) is -3.40. The quantitative estimate of drug-likeness (QED) is 0.587. The van der Waals surface area contributed by atoms with Crippen molar-refractivity contribution in [3.63, 3.8) is 0 Å². The molecule has 1 heterocycles. The Bertz CT molecular complexity index is 917. The van der Waals surface area contributed by atoms with Crippen molar-refractivity contribution in [1.29, 1.82) is 0 Å². The van der Waals surface area contributed by atoms with E-state index in [0.29, 0.717) is 17.8 Å². The molecule has 7 heteroatoms. The maximum absolute atomic E-state index is 12.0. The number of hydrogen-bond donors (Lipinski definition) is 1. The Hall–Kier alpha value is -1.86. The highest BCUT2D eigenvalue weighted by molar-refractivity contribution is 8.00. The van der Waals surface area contributed by atoms with E-state index < -0.39 is 9.84 Å². The van der Waals surface area contributed by atoms with Crippen LogP contribution in [0.3, 0.4) is 0 Å². The first-order chi connectivity index (χ1) is 12.0. The van der Waals surface area contributed by atoms with E-state index in [0.717, 1.165) is 16.8 Å². The molecule has 0 amide bonds. The van der Waals surface area contributed by atoms with Crippen LogP contribution < -0.4 is 5.32 Å². The Morgan fingerprint density at radius 3 is 2.46 bits per heavy atom. The van der Waals surface area contributed by atoms with Gasteiger partial charge in [0.1, 0.15) is 0 Å². The Labute approximate surface area is 159 Å². The third-order valence-electron chi connectivity index (χ3n) is 3.48. The molecule has 0 radical (unpaired) electrons. The normalized spacial score (nSPS) is 12.0. The highest BCUT2D eigenvalue weighted by Gasteiger charge is 2.16. The van der Waals surface area contributed by atoms with Crippen LogP contribution >= 0.6 is 11.8 Å². The summed E-state index contributed by atoms with van der Waals surface area (Å²) in [5.41, 5.74) is 1.89. The summed E-state index contributed by atoms with van der Waals surface area (Å²) in [5.74, 6) is -0.110. The lowest BCUT2D eigenvalue weighted by molar-refractivity contribution is 0.101. The van der Waals surface area contributed by atoms with Crippen molar-refractivity contribution in [1.82, 2.24) is 4.98 Å². The molecule has 0 saturated carbocycles. The van der Waals surface area contributed by atoms with Gasteiger partial charge in [0.2, 0.25) is 0 Å². The second-order valence-electron chi connectivity index (χ2n) is 7.11. The van der Waals surface area contributed by atoms with Gasteiger partial charge in [-0.25, -0.2) is 13.4 Å². The standard InChI is InChI=1S/C19H24N2O3S2/c1-13(22)15-6-7-17(26(5,23)24)16(11-15)21-12-14-8-9-20-18(10-14)25-19(2,3)4/h6-11,21H,12H2,1-5H3. The largest absolute Gasteiger partial charge is 0.380 e. The number of ketones is 1. The van der Waals surface area contributed by atoms with Gasteiger partial charge in [0.05, 0.1) is 15.6 Å². The molecular weight excluding hydrogens is 368 g/mol. The van der Waals surface area contributed by atoms with Crippen molar-refractivity contribution in [3.8, 4) is 0 Å². The minimum Gasteiger partial charge on any atom is -0.380 e. The fourth-order valence-electron chi connectivity index (χ4n) is 2.34. The zero-order valence-electron chi connectivity index (χ0n) is 15.7. The monoisotopic (exact) mass is 392 g/mol. The third-order valence-corrected chi connectivity index (χ3v) is 5.68. The van der Waals surface area contributed by atoms with Gasteiger partial charge in [-0.2, -0.15) is 0 Å². The number of aromatic nitrogens is 1. The highest BCUT2D eigenvalue weighted by Crippen LogP contribution is 2.31. The lowest BCUT2D eigenvalue weighted by atomic mass is 10.1. The van der Waals surface area contributed by atoms with Gasteiger partial charge in [-0.3, -0.25) is 4.79 Å². The number of anilines is 1. The van der Waals surface area contributed by atoms with E-state index in [1.807, 2.05) is 12.1 Å². The summed E-state index contributed by atoms with van der Waals surface area (Å²) in [6, 6.07) is 8.47. The predicted octanol–water partition coefficient (Wildman–Crippen LogP) is 4.19. The van der Waals surface area contributed by atoms with Crippen molar-refractivity contribution < 1.29 is 13.2 Å². The molecule has 1 N–H and O–H groups in total. The summed E-state index contributed by atoms with van der Waals surface area (Å²) in [4.78, 5) is 16.2. The molecule has 0 atom stereocenters. The van der Waals surface area contributed by atoms with Gasteiger partial charge < -0.3 is 5.32 Å². The van der Waals surface area contributed by atoms with Gasteiger partial charge in [-0.05, 0) is 42.8 Å². The van der Waals surface area contributed by atoms with Crippen molar-refractivity contribution in [3.05, 3.63) is 47.7 Å². The van der Waals surface area contributed by atoms with E-state index in [1.54, 1.807) is 24.0 Å². The van der Waals surface area contributed by atoms with Crippen LogP contribution in [-0.4, -0.2) is 30.2 Å². The number of nitrogens with zero attached hydrogens (tertiary/aromatic N) is 1. The molecule has 0 aliphatic heterocycles. The number of nitrogens with one attached hydrogen (secondary N) is 1. The topological polar surface area (TPSA) is 76.1 Å². The minimum absolute atomic E-state index is 0.0539. The molecule has 140 valence electrons. The summed E-state index contributed by atoms with van der Waals surface area (Å²) in [6.07, 6.45) is 2.90. The fraction of sp³-hybridized carbons (Fsp3) is 0.368. The van der Waals surface area contributed by atoms with Gasteiger partial charge in [-0.1, -0.05) is 20.8 Å². The molecule has 0 aliphatic rings. The van der Waals surface area contributed by atoms with E-state index in [9.17, 15) is 13.2 Å². The molecule has 2 rings (SSSR count). The Morgan fingerprint density at radius 1 is 1.19 bits per heavy atom. The highest BCUT2D eigenvalue weighted by atomic mass is 32.2. The van der Waals surface area contributed by atoms with Gasteiger partial charge in [0.25, 0.3) is 0 Å². The molecule has 0 aliphatic carbocycles. The molecule has 5 nitrogen and oxygen atoms in total. The Kier molecular flexibility index (Phi) is 6.13. The van der Waals surface area contributed by atoms with Crippen LogP contribution in [-0.2, 0) is 16.4 Å². The smallest absolute Gasteiger partial charge is 0.177 e. The summed E-state index contributed by atoms with van der Waals surface area (Å²) < 4.78 is 24.1. The second kappa shape index (κ2) is 7.80. The van der Waals surface area contributed by atoms with Gasteiger partial charge in [-0.15, -0.1) is 11.8 Å². The molecule has 26 heavy (non-hydrogen) atoms. The van der Waals surface area contributed by atoms with Gasteiger partial charge in [0.15, 0.2) is 15.6 Å². The number of thioether (sulfide) groups is 1. The zero-order chi connectivity index (χ0) is 19.5. The summed E-state index contributed by atoms with van der Waals surface area (Å²) in [5, 5.41) is 4.07. The number of carbonyl (C=O) groups excluding carboxylic acids is 1. The number of hydrogen-bond acceptors (Lipinski definition) is 6. The molecule has 2 aromatic rings. The van der Waals surface area contributed by atoms with E-state index in [2.05, 4.69) is 31.1 Å². The molecule has 0 fully saturated rings. The van der Waals surface area contributed by atoms with Gasteiger partial charge >= 0.3 is 0 Å².